The monoisotopic (exact) mass is 335 g/mol. The minimum absolute atomic E-state index is 0.0305. The summed E-state index contributed by atoms with van der Waals surface area (Å²) in [6, 6.07) is 12.4. The van der Waals surface area contributed by atoms with Crippen molar-refractivity contribution < 1.29 is 18.7 Å². The number of rotatable bonds is 5. The second-order valence-corrected chi connectivity index (χ2v) is 5.31. The summed E-state index contributed by atoms with van der Waals surface area (Å²) in [7, 11) is 0. The molecule has 0 aliphatic heterocycles. The molecule has 0 fully saturated rings. The molecule has 0 saturated carbocycles. The zero-order chi connectivity index (χ0) is 16.8. The molecule has 23 heavy (non-hydrogen) atoms. The molecular formula is C17H15ClFNO3. The zero-order valence-corrected chi connectivity index (χ0v) is 13.1. The van der Waals surface area contributed by atoms with Gasteiger partial charge in [-0.1, -0.05) is 35.9 Å². The van der Waals surface area contributed by atoms with Crippen molar-refractivity contribution in [3.63, 3.8) is 0 Å². The Morgan fingerprint density at radius 2 is 1.96 bits per heavy atom. The van der Waals surface area contributed by atoms with E-state index in [-0.39, 0.29) is 6.42 Å². The summed E-state index contributed by atoms with van der Waals surface area (Å²) in [6.45, 7) is 1.44. The highest BCUT2D eigenvalue weighted by Gasteiger charge is 2.18. The van der Waals surface area contributed by atoms with Gasteiger partial charge in [0.25, 0.3) is 5.91 Å². The summed E-state index contributed by atoms with van der Waals surface area (Å²) in [6.07, 6.45) is -1.04. The largest absolute Gasteiger partial charge is 0.452 e. The number of nitrogens with one attached hydrogen (secondary N) is 1. The van der Waals surface area contributed by atoms with E-state index in [9.17, 15) is 14.0 Å². The number of ether oxygens (including phenoxy) is 1. The van der Waals surface area contributed by atoms with Crippen LogP contribution < -0.4 is 5.32 Å². The summed E-state index contributed by atoms with van der Waals surface area (Å²) < 4.78 is 18.1. The summed E-state index contributed by atoms with van der Waals surface area (Å²) in [4.78, 5) is 23.8. The van der Waals surface area contributed by atoms with E-state index in [0.29, 0.717) is 16.3 Å². The predicted molar refractivity (Wildman–Crippen MR) is 85.7 cm³/mol. The van der Waals surface area contributed by atoms with E-state index in [0.717, 1.165) is 0 Å². The molecule has 0 unspecified atom stereocenters. The lowest BCUT2D eigenvalue weighted by Gasteiger charge is -2.14. The molecule has 0 radical (unpaired) electrons. The second-order valence-electron chi connectivity index (χ2n) is 4.90. The molecule has 1 N–H and O–H groups in total. The molecule has 2 aromatic rings. The topological polar surface area (TPSA) is 55.4 Å². The smallest absolute Gasteiger partial charge is 0.311 e. The number of hydrogen-bond donors (Lipinski definition) is 1. The van der Waals surface area contributed by atoms with Crippen LogP contribution in [0.5, 0.6) is 0 Å². The van der Waals surface area contributed by atoms with Gasteiger partial charge >= 0.3 is 5.97 Å². The van der Waals surface area contributed by atoms with Gasteiger partial charge in [0.2, 0.25) is 0 Å². The van der Waals surface area contributed by atoms with Crippen LogP contribution in [0.4, 0.5) is 10.1 Å². The molecule has 2 rings (SSSR count). The third kappa shape index (κ3) is 5.07. The van der Waals surface area contributed by atoms with Crippen LogP contribution in [0.25, 0.3) is 0 Å². The SMILES string of the molecule is C[C@@H](OC(=O)Cc1ccccc1Cl)C(=O)Nc1cccc(F)c1. The molecule has 120 valence electrons. The van der Waals surface area contributed by atoms with Gasteiger partial charge < -0.3 is 10.1 Å². The molecule has 6 heteroatoms. The van der Waals surface area contributed by atoms with Crippen LogP contribution in [-0.4, -0.2) is 18.0 Å². The first-order valence-corrected chi connectivity index (χ1v) is 7.33. The van der Waals surface area contributed by atoms with Gasteiger partial charge in [0.1, 0.15) is 5.82 Å². The number of anilines is 1. The van der Waals surface area contributed by atoms with Crippen molar-refractivity contribution >= 4 is 29.2 Å². The number of esters is 1. The van der Waals surface area contributed by atoms with E-state index in [4.69, 9.17) is 16.3 Å². The van der Waals surface area contributed by atoms with Crippen molar-refractivity contribution in [2.45, 2.75) is 19.4 Å². The normalized spacial score (nSPS) is 11.6. The van der Waals surface area contributed by atoms with E-state index < -0.39 is 23.8 Å². The Kier molecular flexibility index (Phi) is 5.71. The van der Waals surface area contributed by atoms with Gasteiger partial charge in [0, 0.05) is 10.7 Å². The number of carbonyl (C=O) groups is 2. The molecule has 1 atom stereocenters. The molecular weight excluding hydrogens is 321 g/mol. The molecule has 0 spiro atoms. The van der Waals surface area contributed by atoms with Gasteiger partial charge in [-0.05, 0) is 36.8 Å². The lowest BCUT2D eigenvalue weighted by Crippen LogP contribution is -2.30. The van der Waals surface area contributed by atoms with E-state index >= 15 is 0 Å². The molecule has 1 amide bonds. The first kappa shape index (κ1) is 17.0. The Hall–Kier alpha value is -2.40. The lowest BCUT2D eigenvalue weighted by atomic mass is 10.1. The Morgan fingerprint density at radius 1 is 1.22 bits per heavy atom. The maximum absolute atomic E-state index is 13.1. The number of hydrogen-bond acceptors (Lipinski definition) is 3. The van der Waals surface area contributed by atoms with Crippen molar-refractivity contribution in [3.8, 4) is 0 Å². The molecule has 0 saturated heterocycles. The maximum atomic E-state index is 13.1. The molecule has 0 bridgehead atoms. The first-order chi connectivity index (χ1) is 11.0. The van der Waals surface area contributed by atoms with Crippen molar-refractivity contribution in [1.29, 1.82) is 0 Å². The molecule has 4 nitrogen and oxygen atoms in total. The highest BCUT2D eigenvalue weighted by atomic mass is 35.5. The van der Waals surface area contributed by atoms with Crippen LogP contribution in [0.15, 0.2) is 48.5 Å². The van der Waals surface area contributed by atoms with Crippen molar-refractivity contribution in [3.05, 3.63) is 64.9 Å². The van der Waals surface area contributed by atoms with Crippen molar-refractivity contribution in [1.82, 2.24) is 0 Å². The molecule has 0 heterocycles. The fraction of sp³-hybridized carbons (Fsp3) is 0.176. The van der Waals surface area contributed by atoms with Crippen LogP contribution in [0.1, 0.15) is 12.5 Å². The van der Waals surface area contributed by atoms with Crippen LogP contribution in [-0.2, 0) is 20.7 Å². The molecule has 2 aromatic carbocycles. The Morgan fingerprint density at radius 3 is 2.65 bits per heavy atom. The van der Waals surface area contributed by atoms with Crippen LogP contribution in [0.2, 0.25) is 5.02 Å². The average Bonchev–Trinajstić information content (AvgIpc) is 2.49. The van der Waals surface area contributed by atoms with Gasteiger partial charge in [-0.3, -0.25) is 9.59 Å². The lowest BCUT2D eigenvalue weighted by molar-refractivity contribution is -0.152. The highest BCUT2D eigenvalue weighted by molar-refractivity contribution is 6.31. The van der Waals surface area contributed by atoms with Crippen molar-refractivity contribution in [2.75, 3.05) is 5.32 Å². The van der Waals surface area contributed by atoms with Crippen molar-refractivity contribution in [2.24, 2.45) is 0 Å². The third-order valence-electron chi connectivity index (χ3n) is 3.06. The third-order valence-corrected chi connectivity index (χ3v) is 3.43. The summed E-state index contributed by atoms with van der Waals surface area (Å²) in [5.41, 5.74) is 0.918. The highest BCUT2D eigenvalue weighted by Crippen LogP contribution is 2.16. The summed E-state index contributed by atoms with van der Waals surface area (Å²) >= 11 is 5.97. The number of benzene rings is 2. The fourth-order valence-corrected chi connectivity index (χ4v) is 2.10. The summed E-state index contributed by atoms with van der Waals surface area (Å²) in [5, 5.41) is 2.94. The number of carbonyl (C=O) groups excluding carboxylic acids is 2. The van der Waals surface area contributed by atoms with Gasteiger partial charge in [-0.25, -0.2) is 4.39 Å². The molecule has 0 aromatic heterocycles. The van der Waals surface area contributed by atoms with Gasteiger partial charge in [0.15, 0.2) is 6.10 Å². The van der Waals surface area contributed by atoms with E-state index in [1.165, 1.54) is 25.1 Å². The minimum atomic E-state index is -1.01. The standard InChI is InChI=1S/C17H15ClFNO3/c1-11(17(22)20-14-7-4-6-13(19)10-14)23-16(21)9-12-5-2-3-8-15(12)18/h2-8,10-11H,9H2,1H3,(H,20,22)/t11-/m1/s1. The quantitative estimate of drug-likeness (QED) is 0.849. The van der Waals surface area contributed by atoms with Crippen LogP contribution in [0, 0.1) is 5.82 Å². The molecule has 0 aliphatic rings. The van der Waals surface area contributed by atoms with E-state index in [2.05, 4.69) is 5.32 Å². The van der Waals surface area contributed by atoms with Crippen LogP contribution >= 0.6 is 11.6 Å². The fourth-order valence-electron chi connectivity index (χ4n) is 1.90. The minimum Gasteiger partial charge on any atom is -0.452 e. The second kappa shape index (κ2) is 7.74. The number of halogens is 2. The van der Waals surface area contributed by atoms with Gasteiger partial charge in [-0.2, -0.15) is 0 Å². The Labute approximate surface area is 138 Å². The van der Waals surface area contributed by atoms with Crippen LogP contribution in [0.3, 0.4) is 0 Å². The predicted octanol–water partition coefficient (Wildman–Crippen LogP) is 3.59. The zero-order valence-electron chi connectivity index (χ0n) is 12.4. The summed E-state index contributed by atoms with van der Waals surface area (Å²) in [5.74, 6) is -1.57. The maximum Gasteiger partial charge on any atom is 0.311 e. The van der Waals surface area contributed by atoms with E-state index in [1.807, 2.05) is 0 Å². The first-order valence-electron chi connectivity index (χ1n) is 6.95. The molecule has 0 aliphatic carbocycles. The van der Waals surface area contributed by atoms with Gasteiger partial charge in [0.05, 0.1) is 6.42 Å². The Bertz CT molecular complexity index is 720. The average molecular weight is 336 g/mol. The number of amides is 1. The van der Waals surface area contributed by atoms with E-state index in [1.54, 1.807) is 30.3 Å². The van der Waals surface area contributed by atoms with Gasteiger partial charge in [-0.15, -0.1) is 0 Å². The Balaban J connectivity index is 1.90.